The Labute approximate surface area is 92.8 Å². The first-order chi connectivity index (χ1) is 7.71. The number of pyridine rings is 1. The Kier molecular flexibility index (Phi) is 4.19. The number of nitrogens with zero attached hydrogens (tertiary/aromatic N) is 2. The first-order valence-electron chi connectivity index (χ1n) is 4.67. The Morgan fingerprint density at radius 3 is 2.44 bits per heavy atom. The molecule has 1 rings (SSSR count). The molecule has 0 atom stereocenters. The molecule has 6 nitrogen and oxygen atoms in total. The van der Waals surface area contributed by atoms with Crippen LogP contribution in [-0.4, -0.2) is 45.7 Å². The standard InChI is InChI=1S/C10H13N3O3/c11-4-8-2-1-3-12-9(8)13-10(5-14,6-15)7-16/h1-3,14-16H,5-7H2,(H,12,13). The van der Waals surface area contributed by atoms with E-state index in [4.69, 9.17) is 20.6 Å². The van der Waals surface area contributed by atoms with Crippen molar-refractivity contribution < 1.29 is 15.3 Å². The van der Waals surface area contributed by atoms with Gasteiger partial charge in [-0.2, -0.15) is 5.26 Å². The van der Waals surface area contributed by atoms with Gasteiger partial charge in [0.05, 0.1) is 25.4 Å². The Morgan fingerprint density at radius 1 is 1.31 bits per heavy atom. The molecule has 0 unspecified atom stereocenters. The van der Waals surface area contributed by atoms with Gasteiger partial charge < -0.3 is 20.6 Å². The highest BCUT2D eigenvalue weighted by molar-refractivity contribution is 5.52. The molecule has 6 heteroatoms. The largest absolute Gasteiger partial charge is 0.394 e. The molecule has 0 amide bonds. The molecule has 0 aromatic carbocycles. The third-order valence-corrected chi connectivity index (χ3v) is 2.22. The van der Waals surface area contributed by atoms with Crippen LogP contribution in [0.2, 0.25) is 0 Å². The van der Waals surface area contributed by atoms with Crippen molar-refractivity contribution >= 4 is 5.82 Å². The molecule has 0 saturated heterocycles. The Morgan fingerprint density at radius 2 is 1.94 bits per heavy atom. The van der Waals surface area contributed by atoms with Crippen LogP contribution in [0, 0.1) is 11.3 Å². The minimum atomic E-state index is -1.28. The van der Waals surface area contributed by atoms with Crippen LogP contribution in [0.15, 0.2) is 18.3 Å². The van der Waals surface area contributed by atoms with Crippen molar-refractivity contribution in [2.24, 2.45) is 0 Å². The zero-order valence-corrected chi connectivity index (χ0v) is 8.59. The lowest BCUT2D eigenvalue weighted by atomic mass is 10.0. The van der Waals surface area contributed by atoms with E-state index in [9.17, 15) is 0 Å². The second-order valence-corrected chi connectivity index (χ2v) is 3.39. The van der Waals surface area contributed by atoms with Crippen LogP contribution in [0.4, 0.5) is 5.82 Å². The summed E-state index contributed by atoms with van der Waals surface area (Å²) in [5, 5.41) is 38.8. The number of hydrogen-bond acceptors (Lipinski definition) is 6. The minimum absolute atomic E-state index is 0.224. The summed E-state index contributed by atoms with van der Waals surface area (Å²) in [4.78, 5) is 3.91. The van der Waals surface area contributed by atoms with Crippen LogP contribution in [0.1, 0.15) is 5.56 Å². The number of nitrogens with one attached hydrogen (secondary N) is 1. The molecule has 16 heavy (non-hydrogen) atoms. The lowest BCUT2D eigenvalue weighted by Gasteiger charge is -2.29. The van der Waals surface area contributed by atoms with Gasteiger partial charge in [0.1, 0.15) is 17.4 Å². The third kappa shape index (κ3) is 2.46. The zero-order valence-electron chi connectivity index (χ0n) is 8.59. The maximum Gasteiger partial charge on any atom is 0.144 e. The van der Waals surface area contributed by atoms with Gasteiger partial charge in [-0.25, -0.2) is 4.98 Å². The van der Waals surface area contributed by atoms with Gasteiger partial charge in [0, 0.05) is 6.20 Å². The zero-order chi connectivity index (χ0) is 12.0. The van der Waals surface area contributed by atoms with Gasteiger partial charge in [-0.3, -0.25) is 0 Å². The second kappa shape index (κ2) is 5.42. The number of rotatable bonds is 5. The molecule has 0 aliphatic carbocycles. The lowest BCUT2D eigenvalue weighted by molar-refractivity contribution is 0.0831. The first kappa shape index (κ1) is 12.4. The molecule has 4 N–H and O–H groups in total. The molecule has 1 aromatic heterocycles. The van der Waals surface area contributed by atoms with E-state index >= 15 is 0 Å². The van der Waals surface area contributed by atoms with Crippen molar-refractivity contribution in [3.05, 3.63) is 23.9 Å². The molecular formula is C10H13N3O3. The van der Waals surface area contributed by atoms with E-state index in [2.05, 4.69) is 10.3 Å². The van der Waals surface area contributed by atoms with Crippen molar-refractivity contribution in [1.82, 2.24) is 4.98 Å². The monoisotopic (exact) mass is 223 g/mol. The third-order valence-electron chi connectivity index (χ3n) is 2.22. The summed E-state index contributed by atoms with van der Waals surface area (Å²) in [5.74, 6) is 0.224. The van der Waals surface area contributed by atoms with Crippen molar-refractivity contribution in [2.45, 2.75) is 5.54 Å². The van der Waals surface area contributed by atoms with Gasteiger partial charge in [0.25, 0.3) is 0 Å². The molecular weight excluding hydrogens is 210 g/mol. The van der Waals surface area contributed by atoms with E-state index in [1.165, 1.54) is 6.20 Å². The second-order valence-electron chi connectivity index (χ2n) is 3.39. The van der Waals surface area contributed by atoms with Gasteiger partial charge in [0.2, 0.25) is 0 Å². The number of aliphatic hydroxyl groups excluding tert-OH is 3. The minimum Gasteiger partial charge on any atom is -0.394 e. The Bertz CT molecular complexity index is 377. The molecule has 0 fully saturated rings. The topological polar surface area (TPSA) is 109 Å². The Balaban J connectivity index is 2.99. The summed E-state index contributed by atoms with van der Waals surface area (Å²) in [7, 11) is 0. The fourth-order valence-corrected chi connectivity index (χ4v) is 1.11. The number of anilines is 1. The van der Waals surface area contributed by atoms with Gasteiger partial charge in [-0.15, -0.1) is 0 Å². The summed E-state index contributed by atoms with van der Waals surface area (Å²) in [6.07, 6.45) is 1.47. The molecule has 1 aromatic rings. The number of aliphatic hydroxyl groups is 3. The van der Waals surface area contributed by atoms with E-state index in [1.807, 2.05) is 6.07 Å². The molecule has 0 spiro atoms. The first-order valence-corrected chi connectivity index (χ1v) is 4.67. The summed E-state index contributed by atoms with van der Waals surface area (Å²) >= 11 is 0. The highest BCUT2D eigenvalue weighted by Gasteiger charge is 2.28. The smallest absolute Gasteiger partial charge is 0.144 e. The molecule has 86 valence electrons. The van der Waals surface area contributed by atoms with E-state index in [0.717, 1.165) is 0 Å². The van der Waals surface area contributed by atoms with Gasteiger partial charge in [-0.05, 0) is 12.1 Å². The molecule has 1 heterocycles. The van der Waals surface area contributed by atoms with Crippen molar-refractivity contribution in [3.63, 3.8) is 0 Å². The van der Waals surface area contributed by atoms with Crippen molar-refractivity contribution in [3.8, 4) is 6.07 Å². The molecule has 0 saturated carbocycles. The van der Waals surface area contributed by atoms with E-state index in [-0.39, 0.29) is 11.4 Å². The van der Waals surface area contributed by atoms with Crippen molar-refractivity contribution in [2.75, 3.05) is 25.1 Å². The number of hydrogen-bond donors (Lipinski definition) is 4. The molecule has 0 radical (unpaired) electrons. The van der Waals surface area contributed by atoms with E-state index < -0.39 is 25.4 Å². The average Bonchev–Trinajstić information content (AvgIpc) is 2.36. The molecule has 0 aliphatic heterocycles. The van der Waals surface area contributed by atoms with E-state index in [1.54, 1.807) is 12.1 Å². The lowest BCUT2D eigenvalue weighted by Crippen LogP contribution is -2.49. The van der Waals surface area contributed by atoms with Crippen LogP contribution in [0.5, 0.6) is 0 Å². The number of aromatic nitrogens is 1. The maximum atomic E-state index is 9.11. The summed E-state index contributed by atoms with van der Waals surface area (Å²) in [6.45, 7) is -1.41. The molecule has 0 bridgehead atoms. The normalized spacial score (nSPS) is 10.9. The fourth-order valence-electron chi connectivity index (χ4n) is 1.11. The summed E-state index contributed by atoms with van der Waals surface area (Å²) in [5.41, 5.74) is -0.998. The predicted molar refractivity (Wildman–Crippen MR) is 56.6 cm³/mol. The quantitative estimate of drug-likeness (QED) is 0.514. The number of nitriles is 1. The SMILES string of the molecule is N#Cc1cccnc1NC(CO)(CO)CO. The average molecular weight is 223 g/mol. The van der Waals surface area contributed by atoms with E-state index in [0.29, 0.717) is 0 Å². The fraction of sp³-hybridized carbons (Fsp3) is 0.400. The van der Waals surface area contributed by atoms with Crippen LogP contribution in [0.3, 0.4) is 0 Å². The highest BCUT2D eigenvalue weighted by atomic mass is 16.3. The Hall–Kier alpha value is -1.68. The highest BCUT2D eigenvalue weighted by Crippen LogP contribution is 2.16. The van der Waals surface area contributed by atoms with Crippen molar-refractivity contribution in [1.29, 1.82) is 5.26 Å². The van der Waals surface area contributed by atoms with Crippen LogP contribution >= 0.6 is 0 Å². The van der Waals surface area contributed by atoms with Crippen LogP contribution in [0.25, 0.3) is 0 Å². The summed E-state index contributed by atoms with van der Waals surface area (Å²) in [6, 6.07) is 5.07. The molecule has 0 aliphatic rings. The van der Waals surface area contributed by atoms with Crippen LogP contribution in [-0.2, 0) is 0 Å². The van der Waals surface area contributed by atoms with Gasteiger partial charge in [0.15, 0.2) is 0 Å². The summed E-state index contributed by atoms with van der Waals surface area (Å²) < 4.78 is 0. The van der Waals surface area contributed by atoms with Gasteiger partial charge in [-0.1, -0.05) is 0 Å². The van der Waals surface area contributed by atoms with Crippen LogP contribution < -0.4 is 5.32 Å². The maximum absolute atomic E-state index is 9.11. The predicted octanol–water partition coefficient (Wildman–Crippen LogP) is -0.919. The van der Waals surface area contributed by atoms with Gasteiger partial charge >= 0.3 is 0 Å².